The average Bonchev–Trinajstić information content (AvgIpc) is 3.17. The van der Waals surface area contributed by atoms with Gasteiger partial charge in [0.05, 0.1) is 11.8 Å². The second-order valence-corrected chi connectivity index (χ2v) is 6.68. The van der Waals surface area contributed by atoms with E-state index in [4.69, 9.17) is 0 Å². The van der Waals surface area contributed by atoms with Crippen LogP contribution in [-0.4, -0.2) is 29.2 Å². The number of rotatable bonds is 3. The van der Waals surface area contributed by atoms with E-state index in [0.29, 0.717) is 5.69 Å². The van der Waals surface area contributed by atoms with Crippen LogP contribution in [0.3, 0.4) is 0 Å². The molecule has 1 saturated heterocycles. The van der Waals surface area contributed by atoms with Crippen molar-refractivity contribution >= 4 is 23.4 Å². The van der Waals surface area contributed by atoms with Crippen LogP contribution in [0.4, 0.5) is 5.69 Å². The molecule has 1 heterocycles. The molecule has 23 heavy (non-hydrogen) atoms. The fourth-order valence-electron chi connectivity index (χ4n) is 4.19. The standard InChI is InChI=1S/C18H18N2O3/c1-10-3-2-4-13(7-10)19-14(21)9-20-17(22)15-11-5-6-12(8-11)16(15)18(20)23/h2-7,11-12,15-16H,8-9H2,1H3,(H,19,21)/t11-,12+,15-,16+. The van der Waals surface area contributed by atoms with E-state index in [1.807, 2.05) is 37.3 Å². The van der Waals surface area contributed by atoms with Gasteiger partial charge in [-0.1, -0.05) is 24.3 Å². The highest BCUT2D eigenvalue weighted by Gasteiger charge is 2.59. The third-order valence-electron chi connectivity index (χ3n) is 5.17. The van der Waals surface area contributed by atoms with Crippen molar-refractivity contribution in [2.24, 2.45) is 23.7 Å². The Morgan fingerprint density at radius 1 is 1.17 bits per heavy atom. The van der Waals surface area contributed by atoms with Crippen molar-refractivity contribution in [3.8, 4) is 0 Å². The Morgan fingerprint density at radius 2 is 1.83 bits per heavy atom. The first-order valence-electron chi connectivity index (χ1n) is 7.94. The Labute approximate surface area is 134 Å². The number of nitrogens with zero attached hydrogens (tertiary/aromatic N) is 1. The molecule has 1 saturated carbocycles. The number of likely N-dealkylation sites (tertiary alicyclic amines) is 1. The summed E-state index contributed by atoms with van der Waals surface area (Å²) >= 11 is 0. The molecule has 0 aromatic heterocycles. The number of anilines is 1. The van der Waals surface area contributed by atoms with Gasteiger partial charge < -0.3 is 5.32 Å². The van der Waals surface area contributed by atoms with Gasteiger partial charge in [-0.15, -0.1) is 0 Å². The van der Waals surface area contributed by atoms with Gasteiger partial charge in [0.2, 0.25) is 17.7 Å². The maximum absolute atomic E-state index is 12.5. The summed E-state index contributed by atoms with van der Waals surface area (Å²) < 4.78 is 0. The van der Waals surface area contributed by atoms with Gasteiger partial charge in [-0.05, 0) is 42.9 Å². The Bertz CT molecular complexity index is 710. The molecule has 0 spiro atoms. The molecule has 1 aliphatic heterocycles. The van der Waals surface area contributed by atoms with Crippen LogP contribution in [-0.2, 0) is 14.4 Å². The summed E-state index contributed by atoms with van der Waals surface area (Å²) in [6.07, 6.45) is 5.00. The van der Waals surface area contributed by atoms with Crippen molar-refractivity contribution in [3.05, 3.63) is 42.0 Å². The van der Waals surface area contributed by atoms with E-state index in [1.165, 1.54) is 0 Å². The molecule has 2 bridgehead atoms. The second-order valence-electron chi connectivity index (χ2n) is 6.68. The molecule has 3 aliphatic rings. The van der Waals surface area contributed by atoms with Crippen LogP contribution in [0.5, 0.6) is 0 Å². The van der Waals surface area contributed by atoms with E-state index in [-0.39, 0.29) is 47.9 Å². The molecule has 0 unspecified atom stereocenters. The molecule has 2 fully saturated rings. The maximum Gasteiger partial charge on any atom is 0.244 e. The lowest BCUT2D eigenvalue weighted by molar-refractivity contribution is -0.143. The van der Waals surface area contributed by atoms with E-state index < -0.39 is 0 Å². The van der Waals surface area contributed by atoms with Crippen molar-refractivity contribution < 1.29 is 14.4 Å². The van der Waals surface area contributed by atoms with E-state index in [1.54, 1.807) is 6.07 Å². The first-order chi connectivity index (χ1) is 11.0. The molecule has 4 rings (SSSR count). The largest absolute Gasteiger partial charge is 0.325 e. The highest BCUT2D eigenvalue weighted by molar-refractivity contribution is 6.09. The number of imide groups is 1. The first kappa shape index (κ1) is 14.2. The minimum Gasteiger partial charge on any atom is -0.325 e. The second kappa shape index (κ2) is 5.05. The van der Waals surface area contributed by atoms with Gasteiger partial charge in [-0.2, -0.15) is 0 Å². The third kappa shape index (κ3) is 2.19. The molecule has 3 amide bonds. The third-order valence-corrected chi connectivity index (χ3v) is 5.17. The van der Waals surface area contributed by atoms with Gasteiger partial charge >= 0.3 is 0 Å². The van der Waals surface area contributed by atoms with Crippen molar-refractivity contribution in [1.29, 1.82) is 0 Å². The van der Waals surface area contributed by atoms with Crippen LogP contribution in [0.15, 0.2) is 36.4 Å². The zero-order chi connectivity index (χ0) is 16.1. The monoisotopic (exact) mass is 310 g/mol. The lowest BCUT2D eigenvalue weighted by atomic mass is 9.85. The Kier molecular flexibility index (Phi) is 3.11. The fourth-order valence-corrected chi connectivity index (χ4v) is 4.19. The minimum atomic E-state index is -0.336. The summed E-state index contributed by atoms with van der Waals surface area (Å²) in [6.45, 7) is 1.74. The number of hydrogen-bond acceptors (Lipinski definition) is 3. The van der Waals surface area contributed by atoms with Gasteiger partial charge in [0, 0.05) is 5.69 Å². The average molecular weight is 310 g/mol. The molecule has 0 radical (unpaired) electrons. The molecule has 1 aromatic carbocycles. The molecule has 5 nitrogen and oxygen atoms in total. The highest BCUT2D eigenvalue weighted by Crippen LogP contribution is 2.52. The van der Waals surface area contributed by atoms with E-state index in [0.717, 1.165) is 16.9 Å². The van der Waals surface area contributed by atoms with Gasteiger partial charge in [-0.3, -0.25) is 19.3 Å². The summed E-state index contributed by atoms with van der Waals surface area (Å²) in [4.78, 5) is 38.4. The Hall–Kier alpha value is -2.43. The molecular formula is C18H18N2O3. The summed E-state index contributed by atoms with van der Waals surface area (Å²) in [5, 5.41) is 2.75. The summed E-state index contributed by atoms with van der Waals surface area (Å²) in [5.41, 5.74) is 1.71. The number of carbonyl (C=O) groups excluding carboxylic acids is 3. The minimum absolute atomic E-state index is 0.172. The van der Waals surface area contributed by atoms with Gasteiger partial charge in [0.15, 0.2) is 0 Å². The topological polar surface area (TPSA) is 66.5 Å². The number of carbonyl (C=O) groups is 3. The highest BCUT2D eigenvalue weighted by atomic mass is 16.2. The summed E-state index contributed by atoms with van der Waals surface area (Å²) in [7, 11) is 0. The number of hydrogen-bond donors (Lipinski definition) is 1. The van der Waals surface area contributed by atoms with Crippen LogP contribution in [0.25, 0.3) is 0 Å². The molecule has 1 aromatic rings. The van der Waals surface area contributed by atoms with Crippen LogP contribution in [0.1, 0.15) is 12.0 Å². The quantitative estimate of drug-likeness (QED) is 0.683. The molecule has 118 valence electrons. The summed E-state index contributed by atoms with van der Waals surface area (Å²) in [5.74, 6) is -0.851. The SMILES string of the molecule is Cc1cccc(NC(=O)CN2C(=O)[C@@H]3[C@H](C2=O)[C@@H]2C=C[C@H]3C2)c1. The fraction of sp³-hybridized carbons (Fsp3) is 0.389. The van der Waals surface area contributed by atoms with Crippen molar-refractivity contribution in [2.75, 3.05) is 11.9 Å². The number of benzene rings is 1. The molecule has 5 heteroatoms. The summed E-state index contributed by atoms with van der Waals surface area (Å²) in [6, 6.07) is 7.43. The van der Waals surface area contributed by atoms with Crippen LogP contribution in [0, 0.1) is 30.6 Å². The van der Waals surface area contributed by atoms with Gasteiger partial charge in [0.25, 0.3) is 0 Å². The maximum atomic E-state index is 12.5. The van der Waals surface area contributed by atoms with Crippen LogP contribution in [0.2, 0.25) is 0 Å². The number of amides is 3. The van der Waals surface area contributed by atoms with Gasteiger partial charge in [-0.25, -0.2) is 0 Å². The number of allylic oxidation sites excluding steroid dienone is 2. The number of fused-ring (bicyclic) bond motifs is 5. The molecule has 1 N–H and O–H groups in total. The van der Waals surface area contributed by atoms with E-state index in [9.17, 15) is 14.4 Å². The first-order valence-corrected chi connectivity index (χ1v) is 7.94. The molecule has 2 aliphatic carbocycles. The van der Waals surface area contributed by atoms with Crippen LogP contribution >= 0.6 is 0 Å². The van der Waals surface area contributed by atoms with E-state index in [2.05, 4.69) is 5.32 Å². The lowest BCUT2D eigenvalue weighted by Crippen LogP contribution is -2.39. The predicted molar refractivity (Wildman–Crippen MR) is 84.2 cm³/mol. The Morgan fingerprint density at radius 3 is 2.43 bits per heavy atom. The van der Waals surface area contributed by atoms with Crippen molar-refractivity contribution in [2.45, 2.75) is 13.3 Å². The predicted octanol–water partition coefficient (Wildman–Crippen LogP) is 1.74. The molecule has 4 atom stereocenters. The lowest BCUT2D eigenvalue weighted by Gasteiger charge is -2.16. The normalized spacial score (nSPS) is 30.9. The number of nitrogens with one attached hydrogen (secondary N) is 1. The smallest absolute Gasteiger partial charge is 0.244 e. The Balaban J connectivity index is 1.46. The van der Waals surface area contributed by atoms with Crippen LogP contribution < -0.4 is 5.32 Å². The number of aryl methyl sites for hydroxylation is 1. The van der Waals surface area contributed by atoms with Crippen molar-refractivity contribution in [1.82, 2.24) is 4.90 Å². The van der Waals surface area contributed by atoms with E-state index >= 15 is 0 Å². The molecular weight excluding hydrogens is 292 g/mol. The zero-order valence-electron chi connectivity index (χ0n) is 12.9. The zero-order valence-corrected chi connectivity index (χ0v) is 12.9. The van der Waals surface area contributed by atoms with Crippen molar-refractivity contribution in [3.63, 3.8) is 0 Å². The van der Waals surface area contributed by atoms with Gasteiger partial charge in [0.1, 0.15) is 6.54 Å².